The average Bonchev–Trinajstić information content (AvgIpc) is 2.36. The Hall–Kier alpha value is -1.11. The van der Waals surface area contributed by atoms with Gasteiger partial charge in [-0.1, -0.05) is 12.1 Å². The molecule has 0 saturated carbocycles. The fourth-order valence-electron chi connectivity index (χ4n) is 1.59. The van der Waals surface area contributed by atoms with Crippen LogP contribution < -0.4 is 5.73 Å². The predicted octanol–water partition coefficient (Wildman–Crippen LogP) is 2.20. The summed E-state index contributed by atoms with van der Waals surface area (Å²) < 4.78 is 47.5. The van der Waals surface area contributed by atoms with Crippen molar-refractivity contribution in [3.63, 3.8) is 0 Å². The molecule has 0 saturated heterocycles. The predicted molar refractivity (Wildman–Crippen MR) is 61.0 cm³/mol. The lowest BCUT2D eigenvalue weighted by Crippen LogP contribution is -2.43. The Morgan fingerprint density at radius 3 is 1.89 bits per heavy atom. The summed E-state index contributed by atoms with van der Waals surface area (Å²) in [5.41, 5.74) is 5.53. The van der Waals surface area contributed by atoms with E-state index in [1.165, 1.54) is 26.4 Å². The SMILES string of the molecule is COC(CN)(Cc1ccc(C(F)(F)F)cc1)OC. The summed E-state index contributed by atoms with van der Waals surface area (Å²) in [4.78, 5) is 0. The summed E-state index contributed by atoms with van der Waals surface area (Å²) in [7, 11) is 2.89. The zero-order valence-corrected chi connectivity index (χ0v) is 10.3. The molecule has 0 aliphatic carbocycles. The molecule has 0 heterocycles. The number of benzene rings is 1. The Morgan fingerprint density at radius 2 is 1.56 bits per heavy atom. The molecule has 2 N–H and O–H groups in total. The zero-order chi connectivity index (χ0) is 13.8. The van der Waals surface area contributed by atoms with Gasteiger partial charge in [0.2, 0.25) is 0 Å². The van der Waals surface area contributed by atoms with Crippen LogP contribution in [0.3, 0.4) is 0 Å². The van der Waals surface area contributed by atoms with Crippen molar-refractivity contribution < 1.29 is 22.6 Å². The second kappa shape index (κ2) is 5.69. The molecule has 18 heavy (non-hydrogen) atoms. The number of methoxy groups -OCH3 is 2. The lowest BCUT2D eigenvalue weighted by Gasteiger charge is -2.29. The average molecular weight is 263 g/mol. The lowest BCUT2D eigenvalue weighted by atomic mass is 10.0. The van der Waals surface area contributed by atoms with Crippen LogP contribution in [0.2, 0.25) is 0 Å². The molecule has 0 aromatic heterocycles. The van der Waals surface area contributed by atoms with Crippen LogP contribution in [0, 0.1) is 0 Å². The molecular formula is C12H16F3NO2. The standard InChI is InChI=1S/C12H16F3NO2/c1-17-11(8-16,18-2)7-9-3-5-10(6-4-9)12(13,14)15/h3-6H,7-8,16H2,1-2H3. The van der Waals surface area contributed by atoms with Gasteiger partial charge in [0.25, 0.3) is 0 Å². The van der Waals surface area contributed by atoms with Gasteiger partial charge in [0.1, 0.15) is 0 Å². The quantitative estimate of drug-likeness (QED) is 0.828. The molecule has 1 aromatic carbocycles. The third-order valence-electron chi connectivity index (χ3n) is 2.81. The number of rotatable bonds is 5. The van der Waals surface area contributed by atoms with E-state index in [2.05, 4.69) is 0 Å². The van der Waals surface area contributed by atoms with Gasteiger partial charge in [-0.3, -0.25) is 0 Å². The number of halogens is 3. The van der Waals surface area contributed by atoms with E-state index in [-0.39, 0.29) is 13.0 Å². The van der Waals surface area contributed by atoms with Gasteiger partial charge in [-0.25, -0.2) is 0 Å². The van der Waals surface area contributed by atoms with Crippen LogP contribution in [0.1, 0.15) is 11.1 Å². The number of nitrogens with two attached hydrogens (primary N) is 1. The number of ether oxygens (including phenoxy) is 2. The van der Waals surface area contributed by atoms with Crippen molar-refractivity contribution in [2.75, 3.05) is 20.8 Å². The smallest absolute Gasteiger partial charge is 0.352 e. The summed E-state index contributed by atoms with van der Waals surface area (Å²) in [6.45, 7) is 0.112. The van der Waals surface area contributed by atoms with Gasteiger partial charge in [0.05, 0.1) is 5.56 Å². The Morgan fingerprint density at radius 1 is 1.06 bits per heavy atom. The highest BCUT2D eigenvalue weighted by Crippen LogP contribution is 2.29. The van der Waals surface area contributed by atoms with Gasteiger partial charge < -0.3 is 15.2 Å². The summed E-state index contributed by atoms with van der Waals surface area (Å²) in [6.07, 6.45) is -4.04. The third kappa shape index (κ3) is 3.44. The van der Waals surface area contributed by atoms with Gasteiger partial charge in [-0.05, 0) is 17.7 Å². The second-order valence-corrected chi connectivity index (χ2v) is 3.89. The van der Waals surface area contributed by atoms with E-state index >= 15 is 0 Å². The van der Waals surface area contributed by atoms with E-state index < -0.39 is 17.5 Å². The minimum atomic E-state index is -4.33. The normalized spacial score (nSPS) is 12.8. The summed E-state index contributed by atoms with van der Waals surface area (Å²) >= 11 is 0. The van der Waals surface area contributed by atoms with Gasteiger partial charge in [-0.15, -0.1) is 0 Å². The molecule has 1 rings (SSSR count). The van der Waals surface area contributed by atoms with Crippen LogP contribution in [-0.4, -0.2) is 26.6 Å². The molecule has 0 amide bonds. The maximum Gasteiger partial charge on any atom is 0.416 e. The molecule has 0 atom stereocenters. The minimum Gasteiger partial charge on any atom is -0.352 e. The fourth-order valence-corrected chi connectivity index (χ4v) is 1.59. The Labute approximate surface area is 104 Å². The molecule has 0 bridgehead atoms. The highest BCUT2D eigenvalue weighted by atomic mass is 19.4. The van der Waals surface area contributed by atoms with Gasteiger partial charge in [-0.2, -0.15) is 13.2 Å². The number of alkyl halides is 3. The first-order valence-corrected chi connectivity index (χ1v) is 5.33. The monoisotopic (exact) mass is 263 g/mol. The Bertz CT molecular complexity index is 364. The van der Waals surface area contributed by atoms with Crippen LogP contribution in [-0.2, 0) is 22.1 Å². The molecule has 6 heteroatoms. The maximum absolute atomic E-state index is 12.4. The van der Waals surface area contributed by atoms with E-state index in [9.17, 15) is 13.2 Å². The van der Waals surface area contributed by atoms with Crippen molar-refractivity contribution in [3.8, 4) is 0 Å². The Balaban J connectivity index is 2.86. The van der Waals surface area contributed by atoms with E-state index in [4.69, 9.17) is 15.2 Å². The van der Waals surface area contributed by atoms with Crippen LogP contribution in [0.4, 0.5) is 13.2 Å². The van der Waals surface area contributed by atoms with Gasteiger partial charge >= 0.3 is 6.18 Å². The molecule has 0 radical (unpaired) electrons. The maximum atomic E-state index is 12.4. The first kappa shape index (κ1) is 14.9. The summed E-state index contributed by atoms with van der Waals surface area (Å²) in [6, 6.07) is 4.85. The van der Waals surface area contributed by atoms with Crippen molar-refractivity contribution in [2.24, 2.45) is 5.73 Å². The third-order valence-corrected chi connectivity index (χ3v) is 2.81. The molecule has 0 aliphatic rings. The van der Waals surface area contributed by atoms with Crippen molar-refractivity contribution in [2.45, 2.75) is 18.4 Å². The van der Waals surface area contributed by atoms with Gasteiger partial charge in [0, 0.05) is 27.2 Å². The molecule has 3 nitrogen and oxygen atoms in total. The van der Waals surface area contributed by atoms with Crippen LogP contribution in [0.25, 0.3) is 0 Å². The second-order valence-electron chi connectivity index (χ2n) is 3.89. The topological polar surface area (TPSA) is 44.5 Å². The Kier molecular flexibility index (Phi) is 4.72. The molecular weight excluding hydrogens is 247 g/mol. The lowest BCUT2D eigenvalue weighted by molar-refractivity contribution is -0.197. The van der Waals surface area contributed by atoms with Crippen molar-refractivity contribution in [1.82, 2.24) is 0 Å². The highest BCUT2D eigenvalue weighted by Gasteiger charge is 2.31. The molecule has 102 valence electrons. The molecule has 0 fully saturated rings. The minimum absolute atomic E-state index is 0.112. The number of hydrogen-bond donors (Lipinski definition) is 1. The number of hydrogen-bond acceptors (Lipinski definition) is 3. The molecule has 0 spiro atoms. The van der Waals surface area contributed by atoms with Crippen molar-refractivity contribution >= 4 is 0 Å². The van der Waals surface area contributed by atoms with Crippen molar-refractivity contribution in [1.29, 1.82) is 0 Å². The molecule has 0 aliphatic heterocycles. The fraction of sp³-hybridized carbons (Fsp3) is 0.500. The van der Waals surface area contributed by atoms with Crippen LogP contribution >= 0.6 is 0 Å². The highest BCUT2D eigenvalue weighted by molar-refractivity contribution is 5.25. The van der Waals surface area contributed by atoms with Crippen molar-refractivity contribution in [3.05, 3.63) is 35.4 Å². The summed E-state index contributed by atoms with van der Waals surface area (Å²) in [5, 5.41) is 0. The van der Waals surface area contributed by atoms with Crippen LogP contribution in [0.15, 0.2) is 24.3 Å². The van der Waals surface area contributed by atoms with E-state index in [0.717, 1.165) is 12.1 Å². The van der Waals surface area contributed by atoms with E-state index in [1.807, 2.05) is 0 Å². The zero-order valence-electron chi connectivity index (χ0n) is 10.3. The summed E-state index contributed by atoms with van der Waals surface area (Å²) in [5.74, 6) is -1.00. The van der Waals surface area contributed by atoms with Gasteiger partial charge in [0.15, 0.2) is 5.79 Å². The van der Waals surface area contributed by atoms with Crippen LogP contribution in [0.5, 0.6) is 0 Å². The van der Waals surface area contributed by atoms with E-state index in [1.54, 1.807) is 0 Å². The molecule has 1 aromatic rings. The molecule has 0 unspecified atom stereocenters. The van der Waals surface area contributed by atoms with E-state index in [0.29, 0.717) is 5.56 Å². The largest absolute Gasteiger partial charge is 0.416 e. The first-order chi connectivity index (χ1) is 8.37. The first-order valence-electron chi connectivity index (χ1n) is 5.33.